The molecule has 1 aliphatic rings. The zero-order valence-corrected chi connectivity index (χ0v) is 16.8. The molecule has 1 amide bonds. The number of anilines is 1. The molecule has 3 aromatic rings. The summed E-state index contributed by atoms with van der Waals surface area (Å²) in [6.07, 6.45) is 0. The highest BCUT2D eigenvalue weighted by atomic mass is 35.5. The summed E-state index contributed by atoms with van der Waals surface area (Å²) in [7, 11) is 0. The van der Waals surface area contributed by atoms with E-state index >= 15 is 0 Å². The lowest BCUT2D eigenvalue weighted by atomic mass is 9.71. The number of ether oxygens (including phenoxy) is 2. The lowest BCUT2D eigenvalue weighted by molar-refractivity contribution is -0.132. The molecule has 2 aromatic carbocycles. The molecule has 152 valence electrons. The fourth-order valence-electron chi connectivity index (χ4n) is 3.67. The van der Waals surface area contributed by atoms with Gasteiger partial charge in [-0.15, -0.1) is 0 Å². The summed E-state index contributed by atoms with van der Waals surface area (Å²) < 4.78 is 15.6. The number of halogens is 1. The van der Waals surface area contributed by atoms with E-state index in [1.54, 1.807) is 54.6 Å². The Labute approximate surface area is 176 Å². The number of rotatable bonds is 4. The van der Waals surface area contributed by atoms with E-state index in [1.807, 2.05) is 0 Å². The van der Waals surface area contributed by atoms with Gasteiger partial charge in [-0.3, -0.25) is 19.7 Å². The second kappa shape index (κ2) is 7.35. The van der Waals surface area contributed by atoms with E-state index in [2.05, 4.69) is 5.32 Å². The third-order valence-electron chi connectivity index (χ3n) is 4.77. The third kappa shape index (κ3) is 3.23. The summed E-state index contributed by atoms with van der Waals surface area (Å²) in [5.74, 6) is -0.237. The standard InChI is InChI=1S/C22H16ClNO6/c1-12(25)28-16-7-3-14(4-8-16)22(15-5-9-17(10-6-15)29-13(2)26)18-11-19(23)30-20(18)24-21(22)27/h3-11H,1-2H3,(H,24,27). The van der Waals surface area contributed by atoms with Crippen LogP contribution >= 0.6 is 11.6 Å². The number of hydrogen-bond donors (Lipinski definition) is 1. The minimum atomic E-state index is -1.25. The van der Waals surface area contributed by atoms with E-state index in [9.17, 15) is 14.4 Å². The normalized spacial score (nSPS) is 14.0. The first-order valence-electron chi connectivity index (χ1n) is 9.00. The predicted octanol–water partition coefficient (Wildman–Crippen LogP) is 4.07. The molecule has 0 spiro atoms. The Balaban J connectivity index is 1.87. The molecule has 2 heterocycles. The largest absolute Gasteiger partial charge is 0.429 e. The molecule has 0 bridgehead atoms. The molecule has 0 fully saturated rings. The van der Waals surface area contributed by atoms with Crippen LogP contribution in [0.15, 0.2) is 59.0 Å². The van der Waals surface area contributed by atoms with Gasteiger partial charge in [0.1, 0.15) is 16.9 Å². The number of benzene rings is 2. The molecule has 0 atom stereocenters. The van der Waals surface area contributed by atoms with Gasteiger partial charge in [-0.25, -0.2) is 0 Å². The topological polar surface area (TPSA) is 94.8 Å². The van der Waals surface area contributed by atoms with Gasteiger partial charge in [0.2, 0.25) is 11.8 Å². The quantitative estimate of drug-likeness (QED) is 0.500. The number of hydrogen-bond acceptors (Lipinski definition) is 6. The molecule has 0 radical (unpaired) electrons. The van der Waals surface area contributed by atoms with Crippen LogP contribution in [-0.2, 0) is 19.8 Å². The van der Waals surface area contributed by atoms with Crippen molar-refractivity contribution in [3.05, 3.63) is 76.5 Å². The maximum Gasteiger partial charge on any atom is 0.308 e. The van der Waals surface area contributed by atoms with Crippen molar-refractivity contribution in [3.63, 3.8) is 0 Å². The first-order chi connectivity index (χ1) is 14.3. The van der Waals surface area contributed by atoms with E-state index in [4.69, 9.17) is 25.5 Å². The SMILES string of the molecule is CC(=O)Oc1ccc(C2(c3ccc(OC(C)=O)cc3)C(=O)Nc3oc(Cl)cc32)cc1. The Morgan fingerprint density at radius 2 is 1.37 bits per heavy atom. The minimum absolute atomic E-state index is 0.137. The molecule has 0 unspecified atom stereocenters. The molecule has 4 rings (SSSR count). The van der Waals surface area contributed by atoms with E-state index in [0.717, 1.165) is 0 Å². The Bertz CT molecular complexity index is 1090. The highest BCUT2D eigenvalue weighted by Gasteiger charge is 2.52. The van der Waals surface area contributed by atoms with Gasteiger partial charge in [-0.2, -0.15) is 0 Å². The summed E-state index contributed by atoms with van der Waals surface area (Å²) >= 11 is 6.06. The first-order valence-corrected chi connectivity index (χ1v) is 9.37. The number of furan rings is 1. The van der Waals surface area contributed by atoms with Gasteiger partial charge in [-0.05, 0) is 47.0 Å². The zero-order chi connectivity index (χ0) is 21.5. The van der Waals surface area contributed by atoms with Crippen molar-refractivity contribution >= 4 is 35.3 Å². The van der Waals surface area contributed by atoms with Crippen LogP contribution < -0.4 is 14.8 Å². The number of amides is 1. The smallest absolute Gasteiger partial charge is 0.308 e. The number of carbonyl (C=O) groups excluding carboxylic acids is 3. The van der Waals surface area contributed by atoms with Gasteiger partial charge in [0.25, 0.3) is 0 Å². The first kappa shape index (κ1) is 19.7. The summed E-state index contributed by atoms with van der Waals surface area (Å²) in [4.78, 5) is 35.7. The average molecular weight is 426 g/mol. The summed E-state index contributed by atoms with van der Waals surface area (Å²) in [5, 5.41) is 2.88. The summed E-state index contributed by atoms with van der Waals surface area (Å²) in [6.45, 7) is 2.62. The van der Waals surface area contributed by atoms with Crippen molar-refractivity contribution in [1.29, 1.82) is 0 Å². The molecule has 0 aliphatic carbocycles. The molecular weight excluding hydrogens is 410 g/mol. The van der Waals surface area contributed by atoms with E-state index in [-0.39, 0.29) is 17.0 Å². The molecule has 1 aromatic heterocycles. The van der Waals surface area contributed by atoms with Gasteiger partial charge < -0.3 is 13.9 Å². The summed E-state index contributed by atoms with van der Waals surface area (Å²) in [5.41, 5.74) is 0.535. The van der Waals surface area contributed by atoms with Gasteiger partial charge in [-0.1, -0.05) is 24.3 Å². The lowest BCUT2D eigenvalue weighted by Crippen LogP contribution is -2.37. The Morgan fingerprint density at radius 1 is 0.900 bits per heavy atom. The van der Waals surface area contributed by atoms with Crippen LogP contribution in [0.3, 0.4) is 0 Å². The second-order valence-corrected chi connectivity index (χ2v) is 7.11. The summed E-state index contributed by atoms with van der Waals surface area (Å²) in [6, 6.07) is 14.8. The van der Waals surface area contributed by atoms with Crippen LogP contribution in [0.2, 0.25) is 5.22 Å². The number of fused-ring (bicyclic) bond motifs is 1. The number of esters is 2. The molecule has 7 nitrogen and oxygen atoms in total. The maximum absolute atomic E-state index is 13.3. The van der Waals surface area contributed by atoms with Crippen LogP contribution in [-0.4, -0.2) is 17.8 Å². The van der Waals surface area contributed by atoms with Crippen LogP contribution in [0.25, 0.3) is 0 Å². The van der Waals surface area contributed by atoms with Crippen molar-refractivity contribution < 1.29 is 28.3 Å². The predicted molar refractivity (Wildman–Crippen MR) is 108 cm³/mol. The Hall–Kier alpha value is -3.58. The van der Waals surface area contributed by atoms with Crippen molar-refractivity contribution in [1.82, 2.24) is 0 Å². The van der Waals surface area contributed by atoms with Crippen LogP contribution in [0.1, 0.15) is 30.5 Å². The molecule has 0 saturated heterocycles. The number of nitrogens with one attached hydrogen (secondary N) is 1. The fourth-order valence-corrected chi connectivity index (χ4v) is 3.86. The van der Waals surface area contributed by atoms with E-state index in [1.165, 1.54) is 13.8 Å². The van der Waals surface area contributed by atoms with E-state index in [0.29, 0.717) is 28.2 Å². The van der Waals surface area contributed by atoms with Crippen LogP contribution in [0, 0.1) is 0 Å². The third-order valence-corrected chi connectivity index (χ3v) is 4.96. The van der Waals surface area contributed by atoms with Gasteiger partial charge in [0, 0.05) is 25.5 Å². The molecular formula is C22H16ClNO6. The number of carbonyl (C=O) groups is 3. The maximum atomic E-state index is 13.3. The molecule has 0 saturated carbocycles. The zero-order valence-electron chi connectivity index (χ0n) is 16.0. The van der Waals surface area contributed by atoms with Crippen molar-refractivity contribution in [2.24, 2.45) is 0 Å². The fraction of sp³-hybridized carbons (Fsp3) is 0.136. The average Bonchev–Trinajstić information content (AvgIpc) is 3.16. The lowest BCUT2D eigenvalue weighted by Gasteiger charge is -2.28. The molecule has 1 aliphatic heterocycles. The van der Waals surface area contributed by atoms with Crippen molar-refractivity contribution in [3.8, 4) is 11.5 Å². The molecule has 8 heteroatoms. The molecule has 30 heavy (non-hydrogen) atoms. The highest BCUT2D eigenvalue weighted by molar-refractivity contribution is 6.29. The van der Waals surface area contributed by atoms with Crippen LogP contribution in [0.4, 0.5) is 5.88 Å². The monoisotopic (exact) mass is 425 g/mol. The minimum Gasteiger partial charge on any atom is -0.429 e. The van der Waals surface area contributed by atoms with E-state index < -0.39 is 17.4 Å². The van der Waals surface area contributed by atoms with Gasteiger partial charge in [0.05, 0.1) is 0 Å². The Kier molecular flexibility index (Phi) is 4.83. The van der Waals surface area contributed by atoms with Crippen LogP contribution in [0.5, 0.6) is 11.5 Å². The van der Waals surface area contributed by atoms with Crippen molar-refractivity contribution in [2.75, 3.05) is 5.32 Å². The molecule has 1 N–H and O–H groups in total. The van der Waals surface area contributed by atoms with Crippen molar-refractivity contribution in [2.45, 2.75) is 19.3 Å². The second-order valence-electron chi connectivity index (χ2n) is 6.73. The highest BCUT2D eigenvalue weighted by Crippen LogP contribution is 2.50. The van der Waals surface area contributed by atoms with Gasteiger partial charge in [0.15, 0.2) is 5.22 Å². The van der Waals surface area contributed by atoms with Gasteiger partial charge >= 0.3 is 11.9 Å². The Morgan fingerprint density at radius 3 is 1.80 bits per heavy atom.